The van der Waals surface area contributed by atoms with E-state index < -0.39 is 5.41 Å². The summed E-state index contributed by atoms with van der Waals surface area (Å²) in [6.07, 6.45) is 1.58. The van der Waals surface area contributed by atoms with Gasteiger partial charge >= 0.3 is 0 Å². The van der Waals surface area contributed by atoms with Crippen LogP contribution in [-0.2, 0) is 10.2 Å². The van der Waals surface area contributed by atoms with Crippen molar-refractivity contribution in [2.75, 3.05) is 19.1 Å². The molecule has 0 fully saturated rings. The highest BCUT2D eigenvalue weighted by Gasteiger charge is 2.33. The normalized spacial score (nSPS) is 11.1. The summed E-state index contributed by atoms with van der Waals surface area (Å²) in [5, 5.41) is 0. The third-order valence-electron chi connectivity index (χ3n) is 3.72. The van der Waals surface area contributed by atoms with Gasteiger partial charge in [-0.15, -0.1) is 0 Å². The molecule has 0 saturated carbocycles. The van der Waals surface area contributed by atoms with Crippen molar-refractivity contribution in [2.24, 2.45) is 0 Å². The first-order valence-corrected chi connectivity index (χ1v) is 6.90. The fourth-order valence-corrected chi connectivity index (χ4v) is 2.22. The first kappa shape index (κ1) is 15.9. The standard InChI is InChI=1S/C17H19FN2O2/c1-17(2,12-5-7-13(18)8-6-12)16(21)20(3)14-9-10-15(22-4)19-11-14/h5-11H,1-4H3. The van der Waals surface area contributed by atoms with Gasteiger partial charge in [0.2, 0.25) is 11.8 Å². The van der Waals surface area contributed by atoms with Gasteiger partial charge in [0, 0.05) is 13.1 Å². The lowest BCUT2D eigenvalue weighted by molar-refractivity contribution is -0.122. The molecule has 2 rings (SSSR count). The number of amides is 1. The number of nitrogens with zero attached hydrogens (tertiary/aromatic N) is 2. The number of aromatic nitrogens is 1. The second kappa shape index (κ2) is 6.13. The Morgan fingerprint density at radius 1 is 1.18 bits per heavy atom. The molecule has 1 amide bonds. The lowest BCUT2D eigenvalue weighted by atomic mass is 9.83. The first-order valence-electron chi connectivity index (χ1n) is 6.90. The van der Waals surface area contributed by atoms with Crippen LogP contribution in [0.15, 0.2) is 42.6 Å². The highest BCUT2D eigenvalue weighted by molar-refractivity contribution is 6.00. The maximum absolute atomic E-state index is 13.1. The van der Waals surface area contributed by atoms with Gasteiger partial charge in [0.15, 0.2) is 0 Å². The Morgan fingerprint density at radius 2 is 1.82 bits per heavy atom. The van der Waals surface area contributed by atoms with Crippen LogP contribution in [0.25, 0.3) is 0 Å². The van der Waals surface area contributed by atoms with Crippen molar-refractivity contribution in [1.82, 2.24) is 4.98 Å². The highest BCUT2D eigenvalue weighted by Crippen LogP contribution is 2.28. The van der Waals surface area contributed by atoms with Crippen LogP contribution in [0.4, 0.5) is 10.1 Å². The zero-order chi connectivity index (χ0) is 16.3. The van der Waals surface area contributed by atoms with E-state index in [9.17, 15) is 9.18 Å². The molecule has 0 N–H and O–H groups in total. The molecular weight excluding hydrogens is 283 g/mol. The average molecular weight is 302 g/mol. The van der Waals surface area contributed by atoms with Gasteiger partial charge in [0.25, 0.3) is 0 Å². The van der Waals surface area contributed by atoms with Crippen molar-refractivity contribution in [3.8, 4) is 5.88 Å². The molecule has 0 saturated heterocycles. The van der Waals surface area contributed by atoms with Crippen LogP contribution in [-0.4, -0.2) is 25.0 Å². The smallest absolute Gasteiger partial charge is 0.236 e. The largest absolute Gasteiger partial charge is 0.481 e. The van der Waals surface area contributed by atoms with E-state index >= 15 is 0 Å². The summed E-state index contributed by atoms with van der Waals surface area (Å²) in [4.78, 5) is 18.4. The van der Waals surface area contributed by atoms with Gasteiger partial charge in [-0.05, 0) is 37.6 Å². The van der Waals surface area contributed by atoms with Crippen molar-refractivity contribution in [3.05, 3.63) is 54.0 Å². The van der Waals surface area contributed by atoms with Crippen LogP contribution in [0.1, 0.15) is 19.4 Å². The summed E-state index contributed by atoms with van der Waals surface area (Å²) >= 11 is 0. The summed E-state index contributed by atoms with van der Waals surface area (Å²) in [5.74, 6) is 0.0631. The number of halogens is 1. The predicted molar refractivity (Wildman–Crippen MR) is 83.6 cm³/mol. The summed E-state index contributed by atoms with van der Waals surface area (Å²) in [7, 11) is 3.23. The van der Waals surface area contributed by atoms with Crippen molar-refractivity contribution >= 4 is 11.6 Å². The Bertz CT molecular complexity index is 651. The molecular formula is C17H19FN2O2. The number of hydrogen-bond donors (Lipinski definition) is 0. The SMILES string of the molecule is COc1ccc(N(C)C(=O)C(C)(C)c2ccc(F)cc2)cn1. The van der Waals surface area contributed by atoms with E-state index in [0.717, 1.165) is 5.56 Å². The Morgan fingerprint density at radius 3 is 2.32 bits per heavy atom. The minimum Gasteiger partial charge on any atom is -0.481 e. The number of anilines is 1. The lowest BCUT2D eigenvalue weighted by Crippen LogP contribution is -2.41. The number of carbonyl (C=O) groups excluding carboxylic acids is 1. The van der Waals surface area contributed by atoms with E-state index in [1.807, 2.05) is 13.8 Å². The molecule has 1 aromatic carbocycles. The molecule has 0 unspecified atom stereocenters. The maximum atomic E-state index is 13.1. The number of hydrogen-bond acceptors (Lipinski definition) is 3. The van der Waals surface area contributed by atoms with Crippen LogP contribution in [0, 0.1) is 5.82 Å². The van der Waals surface area contributed by atoms with Crippen LogP contribution in [0.5, 0.6) is 5.88 Å². The number of pyridine rings is 1. The van der Waals surface area contributed by atoms with Gasteiger partial charge in [-0.3, -0.25) is 4.79 Å². The van der Waals surface area contributed by atoms with Crippen LogP contribution in [0.2, 0.25) is 0 Å². The van der Waals surface area contributed by atoms with Crippen LogP contribution in [0.3, 0.4) is 0 Å². The molecule has 22 heavy (non-hydrogen) atoms. The number of benzene rings is 1. The molecule has 0 atom stereocenters. The number of ether oxygens (including phenoxy) is 1. The van der Waals surface area contributed by atoms with E-state index in [1.165, 1.54) is 24.1 Å². The van der Waals surface area contributed by atoms with E-state index in [4.69, 9.17) is 4.74 Å². The third-order valence-corrected chi connectivity index (χ3v) is 3.72. The summed E-state index contributed by atoms with van der Waals surface area (Å²) < 4.78 is 18.1. The minimum absolute atomic E-state index is 0.105. The number of methoxy groups -OCH3 is 1. The molecule has 0 aliphatic rings. The molecule has 4 nitrogen and oxygen atoms in total. The number of likely N-dealkylation sites (N-methyl/N-ethyl adjacent to an activating group) is 1. The van der Waals surface area contributed by atoms with Crippen molar-refractivity contribution in [3.63, 3.8) is 0 Å². The fraction of sp³-hybridized carbons (Fsp3) is 0.294. The lowest BCUT2D eigenvalue weighted by Gasteiger charge is -2.29. The van der Waals surface area contributed by atoms with E-state index in [-0.39, 0.29) is 11.7 Å². The van der Waals surface area contributed by atoms with Crippen LogP contribution >= 0.6 is 0 Å². The van der Waals surface area contributed by atoms with Crippen molar-refractivity contribution < 1.29 is 13.9 Å². The van der Waals surface area contributed by atoms with Gasteiger partial charge in [-0.2, -0.15) is 0 Å². The van der Waals surface area contributed by atoms with E-state index in [2.05, 4.69) is 4.98 Å². The fourth-order valence-electron chi connectivity index (χ4n) is 2.22. The van der Waals surface area contributed by atoms with Gasteiger partial charge in [0.1, 0.15) is 5.82 Å². The maximum Gasteiger partial charge on any atom is 0.236 e. The summed E-state index contributed by atoms with van der Waals surface area (Å²) in [6, 6.07) is 9.45. The minimum atomic E-state index is -0.775. The third kappa shape index (κ3) is 3.08. The molecule has 5 heteroatoms. The van der Waals surface area contributed by atoms with Crippen molar-refractivity contribution in [1.29, 1.82) is 0 Å². The topological polar surface area (TPSA) is 42.4 Å². The Labute approximate surface area is 129 Å². The van der Waals surface area contributed by atoms with Crippen LogP contribution < -0.4 is 9.64 Å². The summed E-state index contributed by atoms with van der Waals surface area (Å²) in [5.41, 5.74) is 0.649. The van der Waals surface area contributed by atoms with Gasteiger partial charge in [-0.25, -0.2) is 9.37 Å². The van der Waals surface area contributed by atoms with Gasteiger partial charge in [-0.1, -0.05) is 12.1 Å². The predicted octanol–water partition coefficient (Wildman–Crippen LogP) is 3.17. The van der Waals surface area contributed by atoms with Gasteiger partial charge in [0.05, 0.1) is 24.4 Å². The monoisotopic (exact) mass is 302 g/mol. The highest BCUT2D eigenvalue weighted by atomic mass is 19.1. The molecule has 0 spiro atoms. The number of rotatable bonds is 4. The van der Waals surface area contributed by atoms with Crippen molar-refractivity contribution in [2.45, 2.75) is 19.3 Å². The molecule has 2 aromatic rings. The van der Waals surface area contributed by atoms with Gasteiger partial charge < -0.3 is 9.64 Å². The Balaban J connectivity index is 2.26. The zero-order valence-corrected chi connectivity index (χ0v) is 13.1. The quantitative estimate of drug-likeness (QED) is 0.871. The Kier molecular flexibility index (Phi) is 4.45. The summed E-state index contributed by atoms with van der Waals surface area (Å²) in [6.45, 7) is 3.63. The molecule has 1 aromatic heterocycles. The molecule has 0 aliphatic heterocycles. The Hall–Kier alpha value is -2.43. The molecule has 1 heterocycles. The van der Waals surface area contributed by atoms with E-state index in [0.29, 0.717) is 11.6 Å². The molecule has 0 radical (unpaired) electrons. The molecule has 0 bridgehead atoms. The van der Waals surface area contributed by atoms with E-state index in [1.54, 1.807) is 37.5 Å². The second-order valence-electron chi connectivity index (χ2n) is 5.55. The molecule has 116 valence electrons. The zero-order valence-electron chi connectivity index (χ0n) is 13.1. The first-order chi connectivity index (χ1) is 10.4. The average Bonchev–Trinajstić information content (AvgIpc) is 2.54. The second-order valence-corrected chi connectivity index (χ2v) is 5.55. The molecule has 0 aliphatic carbocycles. The number of carbonyl (C=O) groups is 1.